The number of ether oxygens (including phenoxy) is 1. The Morgan fingerprint density at radius 3 is 2.67 bits per heavy atom. The van der Waals surface area contributed by atoms with E-state index in [4.69, 9.17) is 4.74 Å². The molecule has 0 bridgehead atoms. The first-order valence-corrected chi connectivity index (χ1v) is 8.40. The summed E-state index contributed by atoms with van der Waals surface area (Å²) in [6, 6.07) is 0.483. The highest BCUT2D eigenvalue weighted by molar-refractivity contribution is 4.93. The van der Waals surface area contributed by atoms with Crippen LogP contribution in [0.25, 0.3) is 0 Å². The van der Waals surface area contributed by atoms with Crippen LogP contribution in [0.2, 0.25) is 0 Å². The molecule has 2 saturated heterocycles. The van der Waals surface area contributed by atoms with Crippen LogP contribution >= 0.6 is 0 Å². The van der Waals surface area contributed by atoms with Crippen LogP contribution in [0.5, 0.6) is 0 Å². The van der Waals surface area contributed by atoms with Crippen molar-refractivity contribution in [2.45, 2.75) is 38.3 Å². The average Bonchev–Trinajstić information content (AvgIpc) is 2.76. The van der Waals surface area contributed by atoms with E-state index in [0.717, 1.165) is 65.2 Å². The third kappa shape index (κ3) is 4.89. The summed E-state index contributed by atoms with van der Waals surface area (Å²) >= 11 is 0. The summed E-state index contributed by atoms with van der Waals surface area (Å²) in [4.78, 5) is 4.75. The molecule has 2 aliphatic heterocycles. The molecule has 5 nitrogen and oxygen atoms in total. The molecule has 0 aromatic heterocycles. The van der Waals surface area contributed by atoms with Gasteiger partial charge in [-0.25, -0.2) is 0 Å². The standard InChI is InChI=1S/C16H33N3O2/c1-4-17-12-16(5-7-21-8-6-16)13-19-11-15(20)9-14(19)10-18(2)3/h14-15,17,20H,4-13H2,1-3H3. The summed E-state index contributed by atoms with van der Waals surface area (Å²) in [6.07, 6.45) is 3.00. The second-order valence-electron chi connectivity index (χ2n) is 7.13. The van der Waals surface area contributed by atoms with Gasteiger partial charge in [0, 0.05) is 45.4 Å². The number of likely N-dealkylation sites (N-methyl/N-ethyl adjacent to an activating group) is 1. The lowest BCUT2D eigenvalue weighted by Gasteiger charge is -2.42. The molecule has 0 radical (unpaired) electrons. The smallest absolute Gasteiger partial charge is 0.0682 e. The molecule has 2 rings (SSSR count). The van der Waals surface area contributed by atoms with Crippen molar-refractivity contribution in [1.29, 1.82) is 0 Å². The van der Waals surface area contributed by atoms with Crippen LogP contribution in [0.4, 0.5) is 0 Å². The van der Waals surface area contributed by atoms with Gasteiger partial charge in [-0.15, -0.1) is 0 Å². The van der Waals surface area contributed by atoms with Gasteiger partial charge in [0.1, 0.15) is 0 Å². The van der Waals surface area contributed by atoms with E-state index in [-0.39, 0.29) is 6.10 Å². The molecule has 0 spiro atoms. The minimum atomic E-state index is -0.161. The van der Waals surface area contributed by atoms with Gasteiger partial charge >= 0.3 is 0 Å². The maximum atomic E-state index is 10.1. The van der Waals surface area contributed by atoms with Gasteiger partial charge < -0.3 is 20.1 Å². The number of rotatable bonds is 7. The lowest BCUT2D eigenvalue weighted by atomic mass is 9.79. The molecule has 0 saturated carbocycles. The van der Waals surface area contributed by atoms with Crippen LogP contribution in [0.15, 0.2) is 0 Å². The topological polar surface area (TPSA) is 48.0 Å². The molecule has 0 amide bonds. The maximum Gasteiger partial charge on any atom is 0.0682 e. The molecule has 5 heteroatoms. The molecule has 2 atom stereocenters. The number of hydrogen-bond donors (Lipinski definition) is 2. The molecule has 2 heterocycles. The van der Waals surface area contributed by atoms with Gasteiger partial charge in [-0.05, 0) is 45.3 Å². The molecular weight excluding hydrogens is 266 g/mol. The van der Waals surface area contributed by atoms with Gasteiger partial charge in [0.2, 0.25) is 0 Å². The van der Waals surface area contributed by atoms with Gasteiger partial charge in [0.25, 0.3) is 0 Å². The fourth-order valence-electron chi connectivity index (χ4n) is 3.78. The van der Waals surface area contributed by atoms with Crippen molar-refractivity contribution in [2.24, 2.45) is 5.41 Å². The molecule has 2 unspecified atom stereocenters. The lowest BCUT2D eigenvalue weighted by Crippen LogP contribution is -2.50. The van der Waals surface area contributed by atoms with E-state index in [9.17, 15) is 5.11 Å². The fourth-order valence-corrected chi connectivity index (χ4v) is 3.78. The highest BCUT2D eigenvalue weighted by Crippen LogP contribution is 2.33. The minimum absolute atomic E-state index is 0.161. The molecule has 0 aromatic carbocycles. The van der Waals surface area contributed by atoms with Crippen LogP contribution in [0.1, 0.15) is 26.2 Å². The number of likely N-dealkylation sites (tertiary alicyclic amines) is 1. The second-order valence-corrected chi connectivity index (χ2v) is 7.13. The van der Waals surface area contributed by atoms with Crippen molar-refractivity contribution in [2.75, 3.05) is 60.0 Å². The van der Waals surface area contributed by atoms with Crippen LogP contribution < -0.4 is 5.32 Å². The Bertz CT molecular complexity index is 306. The number of aliphatic hydroxyl groups excluding tert-OH is 1. The van der Waals surface area contributed by atoms with E-state index < -0.39 is 0 Å². The third-order valence-electron chi connectivity index (χ3n) is 4.92. The average molecular weight is 299 g/mol. The van der Waals surface area contributed by atoms with E-state index >= 15 is 0 Å². The van der Waals surface area contributed by atoms with Gasteiger partial charge in [0.15, 0.2) is 0 Å². The SMILES string of the molecule is CCNCC1(CN2CC(O)CC2CN(C)C)CCOCC1. The molecule has 2 aliphatic rings. The molecule has 0 aliphatic carbocycles. The highest BCUT2D eigenvalue weighted by atomic mass is 16.5. The van der Waals surface area contributed by atoms with Crippen LogP contribution in [0.3, 0.4) is 0 Å². The van der Waals surface area contributed by atoms with Crippen molar-refractivity contribution in [3.63, 3.8) is 0 Å². The Hall–Kier alpha value is -0.200. The zero-order valence-corrected chi connectivity index (χ0v) is 14.0. The molecular formula is C16H33N3O2. The summed E-state index contributed by atoms with van der Waals surface area (Å²) in [5.41, 5.74) is 0.308. The zero-order valence-electron chi connectivity index (χ0n) is 14.0. The van der Waals surface area contributed by atoms with E-state index in [2.05, 4.69) is 36.1 Å². The molecule has 0 aromatic rings. The van der Waals surface area contributed by atoms with E-state index in [1.54, 1.807) is 0 Å². The van der Waals surface area contributed by atoms with Crippen molar-refractivity contribution < 1.29 is 9.84 Å². The maximum absolute atomic E-state index is 10.1. The first kappa shape index (κ1) is 17.2. The summed E-state index contributed by atoms with van der Waals surface area (Å²) in [5.74, 6) is 0. The van der Waals surface area contributed by atoms with Crippen LogP contribution in [-0.2, 0) is 4.74 Å². The van der Waals surface area contributed by atoms with Gasteiger partial charge in [-0.2, -0.15) is 0 Å². The van der Waals surface area contributed by atoms with E-state index in [0.29, 0.717) is 11.5 Å². The monoisotopic (exact) mass is 299 g/mol. The number of nitrogens with zero attached hydrogens (tertiary/aromatic N) is 2. The zero-order chi connectivity index (χ0) is 15.3. The molecule has 124 valence electrons. The van der Waals surface area contributed by atoms with Gasteiger partial charge in [-0.1, -0.05) is 6.92 Å². The Kier molecular flexibility index (Phi) is 6.44. The fraction of sp³-hybridized carbons (Fsp3) is 1.00. The normalized spacial score (nSPS) is 30.1. The summed E-state index contributed by atoms with van der Waals surface area (Å²) < 4.78 is 5.58. The number of aliphatic hydroxyl groups is 1. The first-order valence-electron chi connectivity index (χ1n) is 8.40. The van der Waals surface area contributed by atoms with Crippen molar-refractivity contribution in [3.05, 3.63) is 0 Å². The van der Waals surface area contributed by atoms with E-state index in [1.165, 1.54) is 0 Å². The molecule has 2 N–H and O–H groups in total. The van der Waals surface area contributed by atoms with Crippen molar-refractivity contribution in [1.82, 2.24) is 15.1 Å². The predicted octanol–water partition coefficient (Wildman–Crippen LogP) is 0.390. The molecule has 2 fully saturated rings. The lowest BCUT2D eigenvalue weighted by molar-refractivity contribution is -0.00868. The number of hydrogen-bond acceptors (Lipinski definition) is 5. The summed E-state index contributed by atoms with van der Waals surface area (Å²) in [6.45, 7) is 8.94. The number of β-amino-alcohol motifs (C(OH)–C–C–N with tert-alkyl or cyclic N) is 1. The largest absolute Gasteiger partial charge is 0.392 e. The Labute approximate surface area is 129 Å². The van der Waals surface area contributed by atoms with Gasteiger partial charge in [-0.3, -0.25) is 4.90 Å². The van der Waals surface area contributed by atoms with Crippen LogP contribution in [0, 0.1) is 5.41 Å². The third-order valence-corrected chi connectivity index (χ3v) is 4.92. The van der Waals surface area contributed by atoms with E-state index in [1.807, 2.05) is 0 Å². The Balaban J connectivity index is 2.00. The predicted molar refractivity (Wildman–Crippen MR) is 85.6 cm³/mol. The minimum Gasteiger partial charge on any atom is -0.392 e. The van der Waals surface area contributed by atoms with Crippen molar-refractivity contribution >= 4 is 0 Å². The van der Waals surface area contributed by atoms with Crippen molar-refractivity contribution in [3.8, 4) is 0 Å². The summed E-state index contributed by atoms with van der Waals surface area (Å²) in [7, 11) is 4.23. The second kappa shape index (κ2) is 7.88. The highest BCUT2D eigenvalue weighted by Gasteiger charge is 2.39. The molecule has 21 heavy (non-hydrogen) atoms. The number of nitrogens with one attached hydrogen (secondary N) is 1. The quantitative estimate of drug-likeness (QED) is 0.712. The first-order chi connectivity index (χ1) is 10.0. The summed E-state index contributed by atoms with van der Waals surface area (Å²) in [5, 5.41) is 13.6. The van der Waals surface area contributed by atoms with Gasteiger partial charge in [0.05, 0.1) is 6.10 Å². The Morgan fingerprint density at radius 2 is 2.05 bits per heavy atom. The Morgan fingerprint density at radius 1 is 1.33 bits per heavy atom. The van der Waals surface area contributed by atoms with Crippen LogP contribution in [-0.4, -0.2) is 87.1 Å².